The SMILES string of the molecule is COc1ccc(C(NC(=O)c2cncc(Br)c2)c2ccccc2)cc1. The quantitative estimate of drug-likeness (QED) is 0.696. The second-order valence-electron chi connectivity index (χ2n) is 5.48. The third-order valence-electron chi connectivity index (χ3n) is 3.82. The summed E-state index contributed by atoms with van der Waals surface area (Å²) in [5.41, 5.74) is 2.48. The molecule has 1 amide bonds. The highest BCUT2D eigenvalue weighted by Gasteiger charge is 2.18. The smallest absolute Gasteiger partial charge is 0.253 e. The predicted molar refractivity (Wildman–Crippen MR) is 101 cm³/mol. The van der Waals surface area contributed by atoms with Crippen LogP contribution in [0.4, 0.5) is 0 Å². The number of nitrogens with zero attached hydrogens (tertiary/aromatic N) is 1. The zero-order valence-electron chi connectivity index (χ0n) is 13.6. The van der Waals surface area contributed by atoms with Crippen molar-refractivity contribution in [3.05, 3.63) is 94.2 Å². The van der Waals surface area contributed by atoms with Crippen LogP contribution < -0.4 is 10.1 Å². The van der Waals surface area contributed by atoms with E-state index in [1.54, 1.807) is 25.6 Å². The van der Waals surface area contributed by atoms with Crippen LogP contribution in [0.1, 0.15) is 27.5 Å². The Hall–Kier alpha value is -2.66. The highest BCUT2D eigenvalue weighted by atomic mass is 79.9. The summed E-state index contributed by atoms with van der Waals surface area (Å²) in [6.07, 6.45) is 3.20. The number of hydrogen-bond acceptors (Lipinski definition) is 3. The van der Waals surface area contributed by atoms with Gasteiger partial charge in [-0.15, -0.1) is 0 Å². The van der Waals surface area contributed by atoms with Gasteiger partial charge in [-0.25, -0.2) is 0 Å². The maximum absolute atomic E-state index is 12.7. The average molecular weight is 397 g/mol. The summed E-state index contributed by atoms with van der Waals surface area (Å²) in [5.74, 6) is 0.594. The molecule has 0 bridgehead atoms. The van der Waals surface area contributed by atoms with Crippen LogP contribution in [-0.2, 0) is 0 Å². The molecule has 25 heavy (non-hydrogen) atoms. The van der Waals surface area contributed by atoms with E-state index in [9.17, 15) is 4.79 Å². The van der Waals surface area contributed by atoms with Gasteiger partial charge in [-0.1, -0.05) is 42.5 Å². The van der Waals surface area contributed by atoms with E-state index in [0.29, 0.717) is 5.56 Å². The van der Waals surface area contributed by atoms with E-state index >= 15 is 0 Å². The van der Waals surface area contributed by atoms with Gasteiger partial charge in [0.2, 0.25) is 0 Å². The molecule has 0 saturated heterocycles. The number of methoxy groups -OCH3 is 1. The molecule has 1 heterocycles. The van der Waals surface area contributed by atoms with Crippen LogP contribution in [0.3, 0.4) is 0 Å². The Bertz CT molecular complexity index is 851. The van der Waals surface area contributed by atoms with Crippen LogP contribution in [-0.4, -0.2) is 18.0 Å². The maximum atomic E-state index is 12.7. The molecule has 0 radical (unpaired) electrons. The summed E-state index contributed by atoms with van der Waals surface area (Å²) in [5, 5.41) is 3.09. The first-order chi connectivity index (χ1) is 12.2. The highest BCUT2D eigenvalue weighted by molar-refractivity contribution is 9.10. The number of pyridine rings is 1. The number of carbonyl (C=O) groups excluding carboxylic acids is 1. The second-order valence-corrected chi connectivity index (χ2v) is 6.40. The van der Waals surface area contributed by atoms with Gasteiger partial charge in [0.15, 0.2) is 0 Å². The Labute approximate surface area is 155 Å². The number of hydrogen-bond donors (Lipinski definition) is 1. The molecule has 1 atom stereocenters. The van der Waals surface area contributed by atoms with Gasteiger partial charge in [-0.2, -0.15) is 0 Å². The monoisotopic (exact) mass is 396 g/mol. The molecule has 4 nitrogen and oxygen atoms in total. The molecule has 0 aliphatic rings. The summed E-state index contributed by atoms with van der Waals surface area (Å²) in [7, 11) is 1.63. The molecule has 3 rings (SSSR count). The number of amides is 1. The van der Waals surface area contributed by atoms with E-state index in [0.717, 1.165) is 21.3 Å². The Balaban J connectivity index is 1.92. The minimum absolute atomic E-state index is 0.182. The van der Waals surface area contributed by atoms with Crippen molar-refractivity contribution in [1.29, 1.82) is 0 Å². The first-order valence-corrected chi connectivity index (χ1v) is 8.57. The number of carbonyl (C=O) groups is 1. The lowest BCUT2D eigenvalue weighted by atomic mass is 9.98. The standard InChI is InChI=1S/C20H17BrN2O2/c1-25-18-9-7-15(8-10-18)19(14-5-3-2-4-6-14)23-20(24)16-11-17(21)13-22-12-16/h2-13,19H,1H3,(H,23,24). The minimum Gasteiger partial charge on any atom is -0.497 e. The van der Waals surface area contributed by atoms with E-state index in [1.807, 2.05) is 54.6 Å². The minimum atomic E-state index is -0.265. The molecule has 0 spiro atoms. The van der Waals surface area contributed by atoms with Crippen molar-refractivity contribution in [3.63, 3.8) is 0 Å². The van der Waals surface area contributed by atoms with E-state index in [1.165, 1.54) is 0 Å². The molecule has 0 saturated carbocycles. The normalized spacial score (nSPS) is 11.6. The fraction of sp³-hybridized carbons (Fsp3) is 0.100. The molecule has 3 aromatic rings. The van der Waals surface area contributed by atoms with Crippen molar-refractivity contribution in [2.24, 2.45) is 0 Å². The summed E-state index contributed by atoms with van der Waals surface area (Å²) < 4.78 is 5.98. The summed E-state index contributed by atoms with van der Waals surface area (Å²) in [6, 6.07) is 19.0. The van der Waals surface area contributed by atoms with Crippen LogP contribution in [0.5, 0.6) is 5.75 Å². The molecule has 1 N–H and O–H groups in total. The van der Waals surface area contributed by atoms with Crippen molar-refractivity contribution in [3.8, 4) is 5.75 Å². The number of benzene rings is 2. The van der Waals surface area contributed by atoms with Gasteiger partial charge in [0, 0.05) is 16.9 Å². The average Bonchev–Trinajstić information content (AvgIpc) is 2.67. The van der Waals surface area contributed by atoms with E-state index in [-0.39, 0.29) is 11.9 Å². The van der Waals surface area contributed by atoms with Gasteiger partial charge in [-0.3, -0.25) is 9.78 Å². The highest BCUT2D eigenvalue weighted by Crippen LogP contribution is 2.24. The summed E-state index contributed by atoms with van der Waals surface area (Å²) >= 11 is 3.35. The van der Waals surface area contributed by atoms with Crippen molar-refractivity contribution in [2.75, 3.05) is 7.11 Å². The van der Waals surface area contributed by atoms with Gasteiger partial charge in [0.05, 0.1) is 18.7 Å². The fourth-order valence-electron chi connectivity index (χ4n) is 2.55. The van der Waals surface area contributed by atoms with Crippen LogP contribution in [0.15, 0.2) is 77.5 Å². The van der Waals surface area contributed by atoms with Crippen LogP contribution in [0.25, 0.3) is 0 Å². The van der Waals surface area contributed by atoms with E-state index < -0.39 is 0 Å². The van der Waals surface area contributed by atoms with E-state index in [2.05, 4.69) is 26.2 Å². The largest absolute Gasteiger partial charge is 0.497 e. The fourth-order valence-corrected chi connectivity index (χ4v) is 2.92. The molecular formula is C20H17BrN2O2. The van der Waals surface area contributed by atoms with Gasteiger partial charge >= 0.3 is 0 Å². The van der Waals surface area contributed by atoms with E-state index in [4.69, 9.17) is 4.74 Å². The molecule has 0 aliphatic heterocycles. The first kappa shape index (κ1) is 17.2. The molecule has 1 unspecified atom stereocenters. The van der Waals surface area contributed by atoms with Crippen molar-refractivity contribution >= 4 is 21.8 Å². The number of halogens is 1. The van der Waals surface area contributed by atoms with Gasteiger partial charge in [0.1, 0.15) is 5.75 Å². The Kier molecular flexibility index (Phi) is 5.46. The molecular weight excluding hydrogens is 380 g/mol. The van der Waals surface area contributed by atoms with Crippen LogP contribution in [0, 0.1) is 0 Å². The van der Waals surface area contributed by atoms with Gasteiger partial charge in [-0.05, 0) is 45.3 Å². The lowest BCUT2D eigenvalue weighted by Gasteiger charge is -2.20. The third kappa shape index (κ3) is 4.25. The zero-order chi connectivity index (χ0) is 17.6. The third-order valence-corrected chi connectivity index (χ3v) is 4.26. The molecule has 0 aliphatic carbocycles. The maximum Gasteiger partial charge on any atom is 0.253 e. The molecule has 5 heteroatoms. The Morgan fingerprint density at radius 1 is 1.04 bits per heavy atom. The summed E-state index contributed by atoms with van der Waals surface area (Å²) in [4.78, 5) is 16.7. The van der Waals surface area contributed by atoms with Gasteiger partial charge < -0.3 is 10.1 Å². The number of nitrogens with one attached hydrogen (secondary N) is 1. The predicted octanol–water partition coefficient (Wildman–Crippen LogP) is 4.37. The van der Waals surface area contributed by atoms with Crippen LogP contribution >= 0.6 is 15.9 Å². The lowest BCUT2D eigenvalue weighted by Crippen LogP contribution is -2.29. The van der Waals surface area contributed by atoms with Gasteiger partial charge in [0.25, 0.3) is 5.91 Å². The number of rotatable bonds is 5. The zero-order valence-corrected chi connectivity index (χ0v) is 15.2. The molecule has 126 valence electrons. The topological polar surface area (TPSA) is 51.2 Å². The lowest BCUT2D eigenvalue weighted by molar-refractivity contribution is 0.0942. The Morgan fingerprint density at radius 3 is 2.36 bits per heavy atom. The van der Waals surface area contributed by atoms with Crippen LogP contribution in [0.2, 0.25) is 0 Å². The molecule has 1 aromatic heterocycles. The number of ether oxygens (including phenoxy) is 1. The van der Waals surface area contributed by atoms with Crippen molar-refractivity contribution < 1.29 is 9.53 Å². The summed E-state index contributed by atoms with van der Waals surface area (Å²) in [6.45, 7) is 0. The molecule has 2 aromatic carbocycles. The first-order valence-electron chi connectivity index (χ1n) is 7.77. The molecule has 0 fully saturated rings. The second kappa shape index (κ2) is 7.94. The number of aromatic nitrogens is 1. The van der Waals surface area contributed by atoms with Crippen molar-refractivity contribution in [1.82, 2.24) is 10.3 Å². The Morgan fingerprint density at radius 2 is 1.72 bits per heavy atom. The van der Waals surface area contributed by atoms with Crippen molar-refractivity contribution in [2.45, 2.75) is 6.04 Å².